The Kier molecular flexibility index (Phi) is 1.73. The molecule has 0 atom stereocenters. The van der Waals surface area contributed by atoms with Gasteiger partial charge in [0.05, 0.1) is 5.41 Å². The van der Waals surface area contributed by atoms with Crippen molar-refractivity contribution in [2.75, 3.05) is 0 Å². The highest BCUT2D eigenvalue weighted by molar-refractivity contribution is 5.91. The van der Waals surface area contributed by atoms with Crippen molar-refractivity contribution in [3.8, 4) is 0 Å². The number of rotatable bonds is 2. The molecule has 0 saturated carbocycles. The monoisotopic (exact) mass is 155 g/mol. The summed E-state index contributed by atoms with van der Waals surface area (Å²) in [6, 6.07) is 0. The molecule has 0 radical (unpaired) electrons. The van der Waals surface area contributed by atoms with E-state index in [2.05, 4.69) is 33.0 Å². The molecule has 1 N–H and O–H groups in total. The Bertz CT molecular complexity index is 180. The first-order valence-electron chi connectivity index (χ1n) is 4.33. The fourth-order valence-corrected chi connectivity index (χ4v) is 2.20. The second-order valence-electron chi connectivity index (χ2n) is 3.87. The topological polar surface area (TPSA) is 29.1 Å². The van der Waals surface area contributed by atoms with Gasteiger partial charge in [-0.1, -0.05) is 13.8 Å². The van der Waals surface area contributed by atoms with Gasteiger partial charge in [-0.15, -0.1) is 0 Å². The molecular weight excluding hydrogens is 138 g/mol. The number of hydrogen-bond donors (Lipinski definition) is 1. The first-order valence-corrected chi connectivity index (χ1v) is 4.33. The lowest BCUT2D eigenvalue weighted by Gasteiger charge is -2.54. The molecule has 1 heterocycles. The van der Waals surface area contributed by atoms with Crippen LogP contribution in [-0.4, -0.2) is 11.4 Å². The maximum absolute atomic E-state index is 11.3. The summed E-state index contributed by atoms with van der Waals surface area (Å²) in [6.07, 6.45) is 1.89. The van der Waals surface area contributed by atoms with Crippen molar-refractivity contribution in [3.05, 3.63) is 0 Å². The molecule has 1 saturated heterocycles. The van der Waals surface area contributed by atoms with Crippen molar-refractivity contribution < 1.29 is 4.79 Å². The van der Waals surface area contributed by atoms with Gasteiger partial charge in [-0.25, -0.2) is 0 Å². The van der Waals surface area contributed by atoms with Gasteiger partial charge in [0.1, 0.15) is 0 Å². The van der Waals surface area contributed by atoms with Gasteiger partial charge in [0.2, 0.25) is 5.91 Å². The third-order valence-corrected chi connectivity index (χ3v) is 3.26. The summed E-state index contributed by atoms with van der Waals surface area (Å²) in [5, 5.41) is 2.94. The van der Waals surface area contributed by atoms with Crippen molar-refractivity contribution in [2.45, 2.75) is 46.1 Å². The Morgan fingerprint density at radius 2 is 1.73 bits per heavy atom. The van der Waals surface area contributed by atoms with Crippen LogP contribution in [0.25, 0.3) is 0 Å². The second-order valence-corrected chi connectivity index (χ2v) is 3.87. The Labute approximate surface area is 68.4 Å². The highest BCUT2D eigenvalue weighted by Gasteiger charge is 2.57. The average Bonchev–Trinajstić information content (AvgIpc) is 1.88. The van der Waals surface area contributed by atoms with E-state index < -0.39 is 0 Å². The van der Waals surface area contributed by atoms with E-state index >= 15 is 0 Å². The van der Waals surface area contributed by atoms with Crippen molar-refractivity contribution in [2.24, 2.45) is 5.41 Å². The van der Waals surface area contributed by atoms with Crippen LogP contribution in [0.4, 0.5) is 0 Å². The molecule has 1 rings (SSSR count). The molecule has 0 aromatic rings. The minimum Gasteiger partial charge on any atom is -0.350 e. The van der Waals surface area contributed by atoms with E-state index in [9.17, 15) is 4.79 Å². The van der Waals surface area contributed by atoms with Gasteiger partial charge in [0.15, 0.2) is 0 Å². The fourth-order valence-electron chi connectivity index (χ4n) is 2.20. The summed E-state index contributed by atoms with van der Waals surface area (Å²) in [5.41, 5.74) is -0.0828. The molecule has 0 unspecified atom stereocenters. The van der Waals surface area contributed by atoms with Crippen LogP contribution in [0.3, 0.4) is 0 Å². The van der Waals surface area contributed by atoms with Crippen molar-refractivity contribution in [3.63, 3.8) is 0 Å². The van der Waals surface area contributed by atoms with Crippen LogP contribution in [0.15, 0.2) is 0 Å². The third-order valence-electron chi connectivity index (χ3n) is 3.26. The van der Waals surface area contributed by atoms with Crippen LogP contribution in [-0.2, 0) is 4.79 Å². The molecule has 0 aromatic carbocycles. The highest BCUT2D eigenvalue weighted by atomic mass is 16.2. The number of β-lactam (4-membered cyclic amide) rings is 1. The number of amides is 1. The molecule has 1 fully saturated rings. The molecule has 0 aliphatic carbocycles. The number of hydrogen-bond acceptors (Lipinski definition) is 1. The summed E-state index contributed by atoms with van der Waals surface area (Å²) in [7, 11) is 0. The molecule has 0 spiro atoms. The average molecular weight is 155 g/mol. The molecule has 1 aliphatic heterocycles. The van der Waals surface area contributed by atoms with E-state index in [4.69, 9.17) is 0 Å². The summed E-state index contributed by atoms with van der Waals surface area (Å²) in [5.74, 6) is 0.229. The predicted molar refractivity (Wildman–Crippen MR) is 45.2 cm³/mol. The van der Waals surface area contributed by atoms with Gasteiger partial charge in [-0.3, -0.25) is 4.79 Å². The maximum atomic E-state index is 11.3. The van der Waals surface area contributed by atoms with Crippen LogP contribution >= 0.6 is 0 Å². The zero-order valence-corrected chi connectivity index (χ0v) is 7.82. The SMILES string of the molecule is CCC1(CC)C(=O)NC1(C)C. The van der Waals surface area contributed by atoms with Crippen molar-refractivity contribution >= 4 is 5.91 Å². The molecule has 0 aromatic heterocycles. The maximum Gasteiger partial charge on any atom is 0.228 e. The smallest absolute Gasteiger partial charge is 0.228 e. The van der Waals surface area contributed by atoms with Crippen LogP contribution in [0, 0.1) is 5.41 Å². The minimum atomic E-state index is -0.0903. The molecule has 2 nitrogen and oxygen atoms in total. The molecule has 1 amide bonds. The van der Waals surface area contributed by atoms with Gasteiger partial charge >= 0.3 is 0 Å². The minimum absolute atomic E-state index is 0.00752. The van der Waals surface area contributed by atoms with Crippen LogP contribution < -0.4 is 5.32 Å². The molecule has 1 aliphatic rings. The normalized spacial score (nSPS) is 25.6. The van der Waals surface area contributed by atoms with Crippen LogP contribution in [0.1, 0.15) is 40.5 Å². The summed E-state index contributed by atoms with van der Waals surface area (Å²) < 4.78 is 0. The van der Waals surface area contributed by atoms with Crippen molar-refractivity contribution in [1.29, 1.82) is 0 Å². The molecule has 11 heavy (non-hydrogen) atoms. The molecule has 2 heteroatoms. The lowest BCUT2D eigenvalue weighted by molar-refractivity contribution is -0.154. The van der Waals surface area contributed by atoms with Gasteiger partial charge in [0.25, 0.3) is 0 Å². The number of nitrogens with one attached hydrogen (secondary N) is 1. The van der Waals surface area contributed by atoms with Crippen LogP contribution in [0.5, 0.6) is 0 Å². The van der Waals surface area contributed by atoms with Crippen molar-refractivity contribution in [1.82, 2.24) is 5.32 Å². The lowest BCUT2D eigenvalue weighted by Crippen LogP contribution is -2.73. The Morgan fingerprint density at radius 1 is 1.27 bits per heavy atom. The van der Waals surface area contributed by atoms with E-state index in [0.717, 1.165) is 12.8 Å². The number of carbonyl (C=O) groups excluding carboxylic acids is 1. The third kappa shape index (κ3) is 0.815. The number of carbonyl (C=O) groups is 1. The molecule has 64 valence electrons. The zero-order chi connectivity index (χ0) is 8.70. The largest absolute Gasteiger partial charge is 0.350 e. The summed E-state index contributed by atoms with van der Waals surface area (Å²) in [6.45, 7) is 8.37. The quantitative estimate of drug-likeness (QED) is 0.604. The van der Waals surface area contributed by atoms with E-state index in [-0.39, 0.29) is 16.9 Å². The van der Waals surface area contributed by atoms with Gasteiger partial charge < -0.3 is 5.32 Å². The molecular formula is C9H17NO. The summed E-state index contributed by atoms with van der Waals surface area (Å²) in [4.78, 5) is 11.3. The van der Waals surface area contributed by atoms with Crippen LogP contribution in [0.2, 0.25) is 0 Å². The fraction of sp³-hybridized carbons (Fsp3) is 0.889. The van der Waals surface area contributed by atoms with Gasteiger partial charge in [-0.05, 0) is 26.7 Å². The van der Waals surface area contributed by atoms with E-state index in [0.29, 0.717) is 0 Å². The zero-order valence-electron chi connectivity index (χ0n) is 7.82. The van der Waals surface area contributed by atoms with Gasteiger partial charge in [0, 0.05) is 5.54 Å². The highest BCUT2D eigenvalue weighted by Crippen LogP contribution is 2.45. The first-order chi connectivity index (χ1) is 5.00. The standard InChI is InChI=1S/C9H17NO/c1-5-9(6-2)7(11)10-8(9,3)4/h5-6H2,1-4H3,(H,10,11). The van der Waals surface area contributed by atoms with E-state index in [1.165, 1.54) is 0 Å². The Balaban J connectivity index is 2.88. The Morgan fingerprint density at radius 3 is 1.82 bits per heavy atom. The van der Waals surface area contributed by atoms with E-state index in [1.54, 1.807) is 0 Å². The van der Waals surface area contributed by atoms with E-state index in [1.807, 2.05) is 0 Å². The first kappa shape index (κ1) is 8.57. The lowest BCUT2D eigenvalue weighted by atomic mass is 9.61. The molecule has 0 bridgehead atoms. The predicted octanol–water partition coefficient (Wildman–Crippen LogP) is 1.70. The Hall–Kier alpha value is -0.530. The van der Waals surface area contributed by atoms with Gasteiger partial charge in [-0.2, -0.15) is 0 Å². The second kappa shape index (κ2) is 2.23. The summed E-state index contributed by atoms with van der Waals surface area (Å²) >= 11 is 0.